The van der Waals surface area contributed by atoms with E-state index >= 15 is 0 Å². The van der Waals surface area contributed by atoms with Crippen molar-refractivity contribution in [3.8, 4) is 0 Å². The highest BCUT2D eigenvalue weighted by molar-refractivity contribution is 5.71. The molecule has 22 heavy (non-hydrogen) atoms. The van der Waals surface area contributed by atoms with Crippen molar-refractivity contribution in [3.05, 3.63) is 0 Å². The highest BCUT2D eigenvalue weighted by Crippen LogP contribution is 2.24. The molecule has 2 N–H and O–H groups in total. The number of aliphatic hydroxyl groups excluding tert-OH is 1. The number of ether oxygens (including phenoxy) is 2. The first-order chi connectivity index (χ1) is 9.86. The lowest BCUT2D eigenvalue weighted by atomic mass is 10.0. The van der Waals surface area contributed by atoms with Gasteiger partial charge in [0.15, 0.2) is 0 Å². The Morgan fingerprint density at radius 1 is 1.14 bits per heavy atom. The van der Waals surface area contributed by atoms with Crippen LogP contribution in [-0.4, -0.2) is 58.6 Å². The fourth-order valence-corrected chi connectivity index (χ4v) is 2.15. The molecular weight excluding hydrogens is 288 g/mol. The predicted octanol–water partition coefficient (Wildman–Crippen LogP) is 1.88. The average Bonchev–Trinajstić information content (AvgIpc) is 2.69. The molecule has 128 valence electrons. The molecule has 0 aromatic carbocycles. The monoisotopic (exact) mass is 316 g/mol. The molecule has 2 amide bonds. The molecule has 0 unspecified atom stereocenters. The lowest BCUT2D eigenvalue weighted by Crippen LogP contribution is -2.54. The molecule has 0 saturated carbocycles. The second-order valence-corrected chi connectivity index (χ2v) is 7.72. The first kappa shape index (κ1) is 18.5. The molecule has 0 aliphatic carbocycles. The Morgan fingerprint density at radius 2 is 1.68 bits per heavy atom. The van der Waals surface area contributed by atoms with Crippen LogP contribution in [0.25, 0.3) is 0 Å². The molecular formula is C15H28N2O5. The number of carbonyl (C=O) groups is 2. The molecule has 7 heteroatoms. The summed E-state index contributed by atoms with van der Waals surface area (Å²) in [6, 6.07) is 0. The van der Waals surface area contributed by atoms with Gasteiger partial charge in [-0.3, -0.25) is 0 Å². The molecule has 1 heterocycles. The number of hydrogen-bond donors (Lipinski definition) is 2. The minimum Gasteiger partial charge on any atom is -0.444 e. The van der Waals surface area contributed by atoms with E-state index in [1.54, 1.807) is 41.5 Å². The first-order valence-electron chi connectivity index (χ1n) is 7.46. The third kappa shape index (κ3) is 5.71. The second-order valence-electron chi connectivity index (χ2n) is 7.72. The van der Waals surface area contributed by atoms with Gasteiger partial charge >= 0.3 is 12.2 Å². The zero-order chi connectivity index (χ0) is 17.2. The summed E-state index contributed by atoms with van der Waals surface area (Å²) in [5.41, 5.74) is -2.09. The minimum atomic E-state index is -0.890. The molecule has 7 nitrogen and oxygen atoms in total. The van der Waals surface area contributed by atoms with Crippen molar-refractivity contribution in [2.24, 2.45) is 0 Å². The van der Waals surface area contributed by atoms with E-state index in [4.69, 9.17) is 9.47 Å². The van der Waals surface area contributed by atoms with E-state index in [2.05, 4.69) is 5.32 Å². The van der Waals surface area contributed by atoms with Crippen molar-refractivity contribution in [1.82, 2.24) is 10.2 Å². The summed E-state index contributed by atoms with van der Waals surface area (Å²) in [5.74, 6) is 0. The first-order valence-corrected chi connectivity index (χ1v) is 7.46. The normalized spacial score (nSPS) is 22.4. The van der Waals surface area contributed by atoms with Crippen molar-refractivity contribution < 1.29 is 24.2 Å². The van der Waals surface area contributed by atoms with Crippen LogP contribution < -0.4 is 5.32 Å². The van der Waals surface area contributed by atoms with Crippen molar-refractivity contribution in [3.63, 3.8) is 0 Å². The fraction of sp³-hybridized carbons (Fsp3) is 0.867. The zero-order valence-electron chi connectivity index (χ0n) is 14.4. The van der Waals surface area contributed by atoms with Gasteiger partial charge in [-0.15, -0.1) is 0 Å². The van der Waals surface area contributed by atoms with Gasteiger partial charge in [-0.1, -0.05) is 0 Å². The van der Waals surface area contributed by atoms with Crippen LogP contribution >= 0.6 is 0 Å². The maximum atomic E-state index is 12.1. The lowest BCUT2D eigenvalue weighted by Gasteiger charge is -2.30. The number of amides is 2. The zero-order valence-corrected chi connectivity index (χ0v) is 14.4. The van der Waals surface area contributed by atoms with E-state index in [9.17, 15) is 14.7 Å². The maximum Gasteiger partial charge on any atom is 0.410 e. The summed E-state index contributed by atoms with van der Waals surface area (Å²) >= 11 is 0. The van der Waals surface area contributed by atoms with E-state index in [-0.39, 0.29) is 13.2 Å². The number of alkyl carbamates (subject to hydrolysis) is 1. The van der Waals surface area contributed by atoms with Crippen molar-refractivity contribution >= 4 is 12.2 Å². The Labute approximate surface area is 131 Å². The summed E-state index contributed by atoms with van der Waals surface area (Å²) in [4.78, 5) is 25.4. The van der Waals surface area contributed by atoms with Crippen LogP contribution in [0.3, 0.4) is 0 Å². The van der Waals surface area contributed by atoms with Gasteiger partial charge in [-0.25, -0.2) is 9.59 Å². The smallest absolute Gasteiger partial charge is 0.410 e. The standard InChI is InChI=1S/C15H28N2O5/c1-13(2,3)21-11(19)16-15(10-18)7-8-17(9-15)12(20)22-14(4,5)6/h18H,7-10H2,1-6H3,(H,16,19)/t15-/m0/s1. The number of hydrogen-bond acceptors (Lipinski definition) is 5. The largest absolute Gasteiger partial charge is 0.444 e. The number of likely N-dealkylation sites (tertiary alicyclic amines) is 1. The van der Waals surface area contributed by atoms with Crippen LogP contribution in [-0.2, 0) is 9.47 Å². The maximum absolute atomic E-state index is 12.1. The van der Waals surface area contributed by atoms with Gasteiger partial charge in [0.1, 0.15) is 11.2 Å². The lowest BCUT2D eigenvalue weighted by molar-refractivity contribution is 0.0239. The molecule has 1 fully saturated rings. The molecule has 1 atom stereocenters. The van der Waals surface area contributed by atoms with Gasteiger partial charge in [0.2, 0.25) is 0 Å². The van der Waals surface area contributed by atoms with Gasteiger partial charge in [-0.2, -0.15) is 0 Å². The van der Waals surface area contributed by atoms with Gasteiger partial charge in [0.25, 0.3) is 0 Å². The predicted molar refractivity (Wildman–Crippen MR) is 81.6 cm³/mol. The summed E-state index contributed by atoms with van der Waals surface area (Å²) in [6.07, 6.45) is -0.608. The Morgan fingerprint density at radius 3 is 2.14 bits per heavy atom. The molecule has 0 bridgehead atoms. The van der Waals surface area contributed by atoms with Crippen LogP contribution in [0.4, 0.5) is 9.59 Å². The molecule has 0 aromatic rings. The summed E-state index contributed by atoms with van der Waals surface area (Å²) in [7, 11) is 0. The number of nitrogens with zero attached hydrogens (tertiary/aromatic N) is 1. The Balaban J connectivity index is 2.66. The second kappa shape index (κ2) is 6.32. The third-order valence-corrected chi connectivity index (χ3v) is 3.07. The fourth-order valence-electron chi connectivity index (χ4n) is 2.15. The van der Waals surface area contributed by atoms with Crippen LogP contribution in [0.15, 0.2) is 0 Å². The molecule has 0 aromatic heterocycles. The van der Waals surface area contributed by atoms with Crippen LogP contribution in [0.5, 0.6) is 0 Å². The molecule has 1 aliphatic heterocycles. The summed E-state index contributed by atoms with van der Waals surface area (Å²) in [6.45, 7) is 11.0. The number of carbonyl (C=O) groups excluding carboxylic acids is 2. The quantitative estimate of drug-likeness (QED) is 0.812. The SMILES string of the molecule is CC(C)(C)OC(=O)N[C@@]1(CO)CCN(C(=O)OC(C)(C)C)C1. The highest BCUT2D eigenvalue weighted by Gasteiger charge is 2.42. The molecule has 0 radical (unpaired) electrons. The van der Waals surface area contributed by atoms with Crippen LogP contribution in [0.2, 0.25) is 0 Å². The van der Waals surface area contributed by atoms with E-state index in [1.807, 2.05) is 0 Å². The van der Waals surface area contributed by atoms with Gasteiger partial charge < -0.3 is 24.8 Å². The summed E-state index contributed by atoms with van der Waals surface area (Å²) in [5, 5.41) is 12.3. The van der Waals surface area contributed by atoms with Gasteiger partial charge in [0.05, 0.1) is 12.1 Å². The molecule has 0 spiro atoms. The average molecular weight is 316 g/mol. The van der Waals surface area contributed by atoms with Crippen molar-refractivity contribution in [2.45, 2.75) is 64.7 Å². The van der Waals surface area contributed by atoms with Crippen LogP contribution in [0.1, 0.15) is 48.0 Å². The minimum absolute atomic E-state index is 0.192. The van der Waals surface area contributed by atoms with Crippen molar-refractivity contribution in [1.29, 1.82) is 0 Å². The van der Waals surface area contributed by atoms with Crippen LogP contribution in [0, 0.1) is 0 Å². The molecule has 1 aliphatic rings. The topological polar surface area (TPSA) is 88.1 Å². The van der Waals surface area contributed by atoms with Gasteiger partial charge in [0, 0.05) is 13.1 Å². The summed E-state index contributed by atoms with van der Waals surface area (Å²) < 4.78 is 10.5. The number of nitrogens with one attached hydrogen (secondary N) is 1. The van der Waals surface area contributed by atoms with E-state index in [1.165, 1.54) is 4.90 Å². The van der Waals surface area contributed by atoms with Gasteiger partial charge in [-0.05, 0) is 48.0 Å². The molecule has 1 saturated heterocycles. The number of aliphatic hydroxyl groups is 1. The van der Waals surface area contributed by atoms with E-state index < -0.39 is 28.9 Å². The van der Waals surface area contributed by atoms with E-state index in [0.29, 0.717) is 13.0 Å². The van der Waals surface area contributed by atoms with E-state index in [0.717, 1.165) is 0 Å². The number of rotatable bonds is 2. The van der Waals surface area contributed by atoms with Crippen molar-refractivity contribution in [2.75, 3.05) is 19.7 Å². The Kier molecular flexibility index (Phi) is 5.33. The Bertz CT molecular complexity index is 425. The Hall–Kier alpha value is -1.50. The third-order valence-electron chi connectivity index (χ3n) is 3.07. The highest BCUT2D eigenvalue weighted by atomic mass is 16.6. The molecule has 1 rings (SSSR count).